The second kappa shape index (κ2) is 5.77. The average Bonchev–Trinajstić information content (AvgIpc) is 3.20. The predicted molar refractivity (Wildman–Crippen MR) is 103 cm³/mol. The topological polar surface area (TPSA) is 43.1 Å². The van der Waals surface area contributed by atoms with Crippen LogP contribution in [0.25, 0.3) is 28.0 Å². The zero-order chi connectivity index (χ0) is 16.8. The number of aryl methyl sites for hydroxylation is 1. The summed E-state index contributed by atoms with van der Waals surface area (Å²) in [6.07, 6.45) is 9.45. The van der Waals surface area contributed by atoms with Gasteiger partial charge in [0, 0.05) is 4.88 Å². The van der Waals surface area contributed by atoms with Crippen LogP contribution in [0, 0.1) is 5.92 Å². The number of hydrogen-bond acceptors (Lipinski definition) is 4. The Balaban J connectivity index is 1.64. The number of benzene rings is 1. The number of fused-ring (bicyclic) bond motifs is 5. The molecule has 5 rings (SSSR count). The Morgan fingerprint density at radius 3 is 2.92 bits per heavy atom. The lowest BCUT2D eigenvalue weighted by Gasteiger charge is -2.17. The normalized spacial score (nSPS) is 17.6. The molecule has 3 aromatic heterocycles. The summed E-state index contributed by atoms with van der Waals surface area (Å²) in [7, 11) is 0. The van der Waals surface area contributed by atoms with Crippen LogP contribution in [0.3, 0.4) is 0 Å². The van der Waals surface area contributed by atoms with E-state index in [1.165, 1.54) is 22.2 Å². The van der Waals surface area contributed by atoms with E-state index in [2.05, 4.69) is 35.3 Å². The molecule has 0 amide bonds. The summed E-state index contributed by atoms with van der Waals surface area (Å²) < 4.78 is 2.01. The van der Waals surface area contributed by atoms with Crippen LogP contribution in [0.15, 0.2) is 36.7 Å². The highest BCUT2D eigenvalue weighted by Crippen LogP contribution is 2.38. The van der Waals surface area contributed by atoms with Crippen LogP contribution in [0.4, 0.5) is 0 Å². The van der Waals surface area contributed by atoms with Crippen LogP contribution in [0.2, 0.25) is 0 Å². The molecule has 0 fully saturated rings. The van der Waals surface area contributed by atoms with Crippen molar-refractivity contribution in [2.45, 2.75) is 26.2 Å². The Morgan fingerprint density at radius 1 is 1.16 bits per heavy atom. The highest BCUT2D eigenvalue weighted by Gasteiger charge is 2.23. The number of hydrogen-bond donors (Lipinski definition) is 0. The van der Waals surface area contributed by atoms with Crippen molar-refractivity contribution in [3.63, 3.8) is 0 Å². The molecule has 0 radical (unpaired) electrons. The van der Waals surface area contributed by atoms with E-state index in [-0.39, 0.29) is 0 Å². The van der Waals surface area contributed by atoms with E-state index in [9.17, 15) is 0 Å². The van der Waals surface area contributed by atoms with Crippen molar-refractivity contribution in [3.05, 3.63) is 58.5 Å². The van der Waals surface area contributed by atoms with Crippen molar-refractivity contribution in [1.82, 2.24) is 19.6 Å². The number of rotatable bonds is 2. The molecule has 0 saturated heterocycles. The molecule has 0 aliphatic heterocycles. The van der Waals surface area contributed by atoms with E-state index in [1.807, 2.05) is 46.3 Å². The predicted octanol–water partition coefficient (Wildman–Crippen LogP) is 4.63. The van der Waals surface area contributed by atoms with Gasteiger partial charge in [-0.2, -0.15) is 0 Å². The fourth-order valence-electron chi connectivity index (χ4n) is 3.60. The minimum absolute atomic E-state index is 0.763. The van der Waals surface area contributed by atoms with Gasteiger partial charge < -0.3 is 0 Å². The van der Waals surface area contributed by atoms with E-state index in [1.54, 1.807) is 0 Å². The van der Waals surface area contributed by atoms with E-state index >= 15 is 0 Å². The third-order valence-corrected chi connectivity index (χ3v) is 6.12. The summed E-state index contributed by atoms with van der Waals surface area (Å²) in [6, 6.07) is 10.2. The van der Waals surface area contributed by atoms with Crippen LogP contribution < -0.4 is 0 Å². The van der Waals surface area contributed by atoms with Crippen LogP contribution in [0.1, 0.15) is 35.2 Å². The summed E-state index contributed by atoms with van der Waals surface area (Å²) >= 11 is 1.83. The Hall–Kier alpha value is -2.53. The fraction of sp³-hybridized carbons (Fsp3) is 0.250. The van der Waals surface area contributed by atoms with Gasteiger partial charge in [-0.05, 0) is 42.4 Å². The molecule has 4 aromatic rings. The van der Waals surface area contributed by atoms with Gasteiger partial charge in [-0.15, -0.1) is 21.5 Å². The van der Waals surface area contributed by atoms with Crippen molar-refractivity contribution in [2.75, 3.05) is 0 Å². The standard InChI is InChI=1S/C20H18N4S/c1-13-7-9-15-16(11-13)25-20-18(15)19-23-22-17(24(19)12-21-20)10-8-14-5-3-2-4-6-14/h2-6,8,10,12-13H,7,9,11H2,1H3/b10-8+/t13-/m1/s1. The summed E-state index contributed by atoms with van der Waals surface area (Å²) in [6.45, 7) is 2.33. The molecular formula is C20H18N4S. The molecule has 1 aromatic carbocycles. The highest BCUT2D eigenvalue weighted by atomic mass is 32.1. The van der Waals surface area contributed by atoms with E-state index in [0.29, 0.717) is 0 Å². The smallest absolute Gasteiger partial charge is 0.172 e. The van der Waals surface area contributed by atoms with Gasteiger partial charge >= 0.3 is 0 Å². The van der Waals surface area contributed by atoms with Crippen molar-refractivity contribution >= 4 is 39.4 Å². The monoisotopic (exact) mass is 346 g/mol. The molecule has 5 heteroatoms. The molecule has 0 bridgehead atoms. The largest absolute Gasteiger partial charge is 0.265 e. The molecule has 0 spiro atoms. The third-order valence-electron chi connectivity index (χ3n) is 4.95. The molecule has 1 atom stereocenters. The zero-order valence-electron chi connectivity index (χ0n) is 14.0. The maximum atomic E-state index is 4.69. The van der Waals surface area contributed by atoms with Crippen LogP contribution in [-0.4, -0.2) is 19.6 Å². The Labute approximate surface area is 149 Å². The lowest BCUT2D eigenvalue weighted by atomic mass is 9.89. The van der Waals surface area contributed by atoms with Gasteiger partial charge in [-0.25, -0.2) is 4.98 Å². The van der Waals surface area contributed by atoms with Gasteiger partial charge in [0.05, 0.1) is 5.39 Å². The number of thiophene rings is 1. The van der Waals surface area contributed by atoms with Gasteiger partial charge in [-0.1, -0.05) is 43.3 Å². The first-order chi connectivity index (χ1) is 12.3. The van der Waals surface area contributed by atoms with Crippen molar-refractivity contribution in [1.29, 1.82) is 0 Å². The Morgan fingerprint density at radius 2 is 2.04 bits per heavy atom. The fourth-order valence-corrected chi connectivity index (χ4v) is 4.95. The molecule has 1 aliphatic rings. The van der Waals surface area contributed by atoms with Crippen molar-refractivity contribution in [2.24, 2.45) is 5.92 Å². The molecule has 25 heavy (non-hydrogen) atoms. The minimum Gasteiger partial charge on any atom is -0.265 e. The third kappa shape index (κ3) is 2.46. The first kappa shape index (κ1) is 14.8. The number of nitrogens with zero attached hydrogens (tertiary/aromatic N) is 4. The molecule has 0 unspecified atom stereocenters. The zero-order valence-corrected chi connectivity index (χ0v) is 14.8. The lowest BCUT2D eigenvalue weighted by molar-refractivity contribution is 0.509. The van der Waals surface area contributed by atoms with Crippen LogP contribution in [-0.2, 0) is 12.8 Å². The lowest BCUT2D eigenvalue weighted by Crippen LogP contribution is -2.08. The van der Waals surface area contributed by atoms with Crippen molar-refractivity contribution < 1.29 is 0 Å². The SMILES string of the molecule is C[C@@H]1CCc2c(sc3ncn4c(/C=C/c5ccccc5)nnc4c23)C1. The van der Waals surface area contributed by atoms with Crippen molar-refractivity contribution in [3.8, 4) is 0 Å². The average molecular weight is 346 g/mol. The molecule has 0 N–H and O–H groups in total. The first-order valence-electron chi connectivity index (χ1n) is 8.67. The van der Waals surface area contributed by atoms with Crippen LogP contribution in [0.5, 0.6) is 0 Å². The summed E-state index contributed by atoms with van der Waals surface area (Å²) in [5.74, 6) is 1.58. The second-order valence-corrected chi connectivity index (χ2v) is 7.86. The summed E-state index contributed by atoms with van der Waals surface area (Å²) in [5, 5.41) is 10.1. The van der Waals surface area contributed by atoms with E-state index in [0.717, 1.165) is 40.6 Å². The van der Waals surface area contributed by atoms with Gasteiger partial charge in [0.1, 0.15) is 11.2 Å². The summed E-state index contributed by atoms with van der Waals surface area (Å²) in [4.78, 5) is 7.27. The molecule has 0 saturated carbocycles. The molecule has 124 valence electrons. The maximum Gasteiger partial charge on any atom is 0.172 e. The quantitative estimate of drug-likeness (QED) is 0.531. The van der Waals surface area contributed by atoms with Crippen LogP contribution >= 0.6 is 11.3 Å². The van der Waals surface area contributed by atoms with Gasteiger partial charge in [-0.3, -0.25) is 4.40 Å². The molecule has 3 heterocycles. The molecule has 4 nitrogen and oxygen atoms in total. The Bertz CT molecular complexity index is 1090. The van der Waals surface area contributed by atoms with Gasteiger partial charge in [0.25, 0.3) is 0 Å². The van der Waals surface area contributed by atoms with Gasteiger partial charge in [0.2, 0.25) is 0 Å². The maximum absolute atomic E-state index is 4.69. The molecular weight excluding hydrogens is 328 g/mol. The first-order valence-corrected chi connectivity index (χ1v) is 9.48. The van der Waals surface area contributed by atoms with Gasteiger partial charge in [0.15, 0.2) is 11.5 Å². The minimum atomic E-state index is 0.763. The summed E-state index contributed by atoms with van der Waals surface area (Å²) in [5.41, 5.74) is 3.53. The second-order valence-electron chi connectivity index (χ2n) is 6.77. The molecule has 1 aliphatic carbocycles. The van der Waals surface area contributed by atoms with E-state index in [4.69, 9.17) is 4.98 Å². The highest BCUT2D eigenvalue weighted by molar-refractivity contribution is 7.19. The Kier molecular flexibility index (Phi) is 3.41. The number of aromatic nitrogens is 4. The van der Waals surface area contributed by atoms with E-state index < -0.39 is 0 Å².